The van der Waals surface area contributed by atoms with Crippen molar-refractivity contribution in [2.75, 3.05) is 11.5 Å². The Labute approximate surface area is 252 Å². The number of nitrogens with two attached hydrogens (primary N) is 1. The number of halogens is 1. The lowest BCUT2D eigenvalue weighted by atomic mass is 10.0. The zero-order valence-corrected chi connectivity index (χ0v) is 24.0. The predicted molar refractivity (Wildman–Crippen MR) is 149 cm³/mol. The first-order valence-corrected chi connectivity index (χ1v) is 14.3. The fourth-order valence-corrected chi connectivity index (χ4v) is 6.52. The van der Waals surface area contributed by atoms with Crippen molar-refractivity contribution < 1.29 is 38.8 Å². The molecular formula is C23H19ClN8O9S2. The van der Waals surface area contributed by atoms with Gasteiger partial charge in [-0.15, -0.1) is 11.8 Å². The number of carboxylic acid groups (broad SMARTS) is 2. The standard InChI is InChI=1S/C23H19ClN8O9S2/c1-7(21(37)38)41-30-12(11-15(24)43-23(25)29-11)16(33)28-13-19(36)32-14(22(39)40)8(6-42-20(13)32)4-31-3-2-9-10(5-31)27-18(35)17(34)26-9/h2-3,5,7,13,20H,4,6H2,1H3,(H6,25,27,28,29,33,35,37,38,39,40)/b30-12-/t7-,13?,20?/m0/s1. The van der Waals surface area contributed by atoms with Crippen LogP contribution < -0.4 is 31.8 Å². The molecule has 224 valence electrons. The number of thiazole rings is 1. The summed E-state index contributed by atoms with van der Waals surface area (Å²) in [6.45, 7) is 1.17. The van der Waals surface area contributed by atoms with Gasteiger partial charge >= 0.3 is 17.1 Å². The third kappa shape index (κ3) is 5.68. The zero-order valence-electron chi connectivity index (χ0n) is 21.7. The van der Waals surface area contributed by atoms with Gasteiger partial charge in [0.2, 0.25) is 6.10 Å². The largest absolute Gasteiger partial charge is 0.543 e. The Morgan fingerprint density at radius 3 is 2.65 bits per heavy atom. The number of thioether (sulfide) groups is 1. The number of amides is 2. The van der Waals surface area contributed by atoms with Crippen molar-refractivity contribution in [1.82, 2.24) is 25.2 Å². The molecule has 0 aliphatic carbocycles. The van der Waals surface area contributed by atoms with Crippen LogP contribution in [0.4, 0.5) is 5.13 Å². The topological polar surface area (TPSA) is 257 Å². The van der Waals surface area contributed by atoms with Crippen molar-refractivity contribution in [3.8, 4) is 0 Å². The molecular weight excluding hydrogens is 632 g/mol. The number of fused-ring (bicyclic) bond motifs is 2. The second-order valence-electron chi connectivity index (χ2n) is 9.15. The fraction of sp³-hybridized carbons (Fsp3) is 0.261. The molecule has 2 amide bonds. The molecule has 2 aliphatic rings. The molecule has 43 heavy (non-hydrogen) atoms. The molecule has 3 atom stereocenters. The highest BCUT2D eigenvalue weighted by Crippen LogP contribution is 2.40. The van der Waals surface area contributed by atoms with E-state index in [-0.39, 0.29) is 33.2 Å². The molecule has 2 unspecified atom stereocenters. The molecule has 6 N–H and O–H groups in total. The van der Waals surface area contributed by atoms with Gasteiger partial charge in [0, 0.05) is 17.4 Å². The number of carbonyl (C=O) groups excluding carboxylic acids is 3. The SMILES string of the molecule is C[C@H](O/N=C(\C(=O)NC1C(=O)N2C(C(=O)[O-])=C(C[n+]3ccc4[nH]c(=O)c(=O)[nH]c4c3)CSC12)c1nc(N)sc1Cl)C(=O)O. The van der Waals surface area contributed by atoms with E-state index in [1.54, 1.807) is 10.8 Å². The van der Waals surface area contributed by atoms with Gasteiger partial charge < -0.3 is 40.9 Å². The number of aliphatic carboxylic acids is 2. The van der Waals surface area contributed by atoms with E-state index in [0.717, 1.165) is 16.2 Å². The highest BCUT2D eigenvalue weighted by Gasteiger charge is 2.53. The van der Waals surface area contributed by atoms with Crippen molar-refractivity contribution >= 4 is 80.3 Å². The number of aromatic nitrogens is 4. The van der Waals surface area contributed by atoms with Gasteiger partial charge in [0.1, 0.15) is 27.0 Å². The Bertz CT molecular complexity index is 1880. The van der Waals surface area contributed by atoms with E-state index >= 15 is 0 Å². The molecule has 1 saturated heterocycles. The van der Waals surface area contributed by atoms with Gasteiger partial charge in [0.25, 0.3) is 11.8 Å². The van der Waals surface area contributed by atoms with E-state index in [4.69, 9.17) is 27.3 Å². The molecule has 3 aromatic rings. The first kappa shape index (κ1) is 29.7. The van der Waals surface area contributed by atoms with E-state index in [1.807, 2.05) is 0 Å². The summed E-state index contributed by atoms with van der Waals surface area (Å²) >= 11 is 8.12. The summed E-state index contributed by atoms with van der Waals surface area (Å²) in [6.07, 6.45) is 1.61. The van der Waals surface area contributed by atoms with Gasteiger partial charge in [0.15, 0.2) is 29.8 Å². The smallest absolute Gasteiger partial charge is 0.347 e. The number of oxime groups is 1. The summed E-state index contributed by atoms with van der Waals surface area (Å²) in [5, 5.41) is 26.5. The molecule has 0 spiro atoms. The Hall–Kier alpha value is -4.75. The van der Waals surface area contributed by atoms with Gasteiger partial charge in [-0.3, -0.25) is 24.1 Å². The van der Waals surface area contributed by atoms with E-state index in [1.165, 1.54) is 30.9 Å². The van der Waals surface area contributed by atoms with E-state index in [2.05, 4.69) is 25.4 Å². The second-order valence-corrected chi connectivity index (χ2v) is 11.9. The second kappa shape index (κ2) is 11.5. The molecule has 0 saturated carbocycles. The zero-order chi connectivity index (χ0) is 31.2. The number of hydrogen-bond acceptors (Lipinski definition) is 13. The Morgan fingerprint density at radius 1 is 1.33 bits per heavy atom. The van der Waals surface area contributed by atoms with Gasteiger partial charge in [-0.05, 0) is 6.92 Å². The van der Waals surface area contributed by atoms with Gasteiger partial charge in [0.05, 0.1) is 17.2 Å². The number of carboxylic acids is 2. The number of anilines is 1. The van der Waals surface area contributed by atoms with Crippen LogP contribution in [0, 0.1) is 0 Å². The minimum atomic E-state index is -1.61. The molecule has 17 nitrogen and oxygen atoms in total. The summed E-state index contributed by atoms with van der Waals surface area (Å²) in [6, 6.07) is 0.327. The third-order valence-electron chi connectivity index (χ3n) is 6.31. The van der Waals surface area contributed by atoms with Crippen LogP contribution in [0.25, 0.3) is 11.0 Å². The molecule has 5 rings (SSSR count). The number of rotatable bonds is 9. The summed E-state index contributed by atoms with van der Waals surface area (Å²) in [5.41, 5.74) is 3.85. The molecule has 5 heterocycles. The average Bonchev–Trinajstić information content (AvgIpc) is 3.28. The molecule has 1 fully saturated rings. The summed E-state index contributed by atoms with van der Waals surface area (Å²) in [5.74, 6) is -4.59. The van der Waals surface area contributed by atoms with Crippen LogP contribution in [0.3, 0.4) is 0 Å². The Balaban J connectivity index is 1.38. The lowest BCUT2D eigenvalue weighted by molar-refractivity contribution is -0.687. The highest BCUT2D eigenvalue weighted by molar-refractivity contribution is 8.00. The van der Waals surface area contributed by atoms with Gasteiger partial charge in [-0.25, -0.2) is 9.78 Å². The number of nitrogens with one attached hydrogen (secondary N) is 3. The summed E-state index contributed by atoms with van der Waals surface area (Å²) in [4.78, 5) is 87.6. The van der Waals surface area contributed by atoms with Crippen LogP contribution in [0.5, 0.6) is 0 Å². The van der Waals surface area contributed by atoms with E-state index in [0.29, 0.717) is 16.6 Å². The van der Waals surface area contributed by atoms with Crippen molar-refractivity contribution in [3.05, 3.63) is 60.5 Å². The number of aromatic amines is 2. The Kier molecular flexibility index (Phi) is 7.95. The van der Waals surface area contributed by atoms with E-state index in [9.17, 15) is 33.9 Å². The van der Waals surface area contributed by atoms with Crippen molar-refractivity contribution in [1.29, 1.82) is 0 Å². The van der Waals surface area contributed by atoms with Crippen LogP contribution in [-0.4, -0.2) is 77.7 Å². The summed E-state index contributed by atoms with van der Waals surface area (Å²) < 4.78 is 1.52. The van der Waals surface area contributed by atoms with Crippen molar-refractivity contribution in [2.24, 2.45) is 5.16 Å². The number of carbonyl (C=O) groups is 4. The minimum absolute atomic E-state index is 0.000585. The predicted octanol–water partition coefficient (Wildman–Crippen LogP) is -2.51. The maximum absolute atomic E-state index is 13.2. The number of nitrogen functional groups attached to an aromatic ring is 1. The third-order valence-corrected chi connectivity index (χ3v) is 8.74. The maximum Gasteiger partial charge on any atom is 0.347 e. The van der Waals surface area contributed by atoms with Gasteiger partial charge in [-0.2, -0.15) is 4.57 Å². The monoisotopic (exact) mass is 650 g/mol. The molecule has 0 aromatic carbocycles. The average molecular weight is 651 g/mol. The minimum Gasteiger partial charge on any atom is -0.543 e. The van der Waals surface area contributed by atoms with Gasteiger partial charge in [-0.1, -0.05) is 28.1 Å². The first-order valence-electron chi connectivity index (χ1n) is 12.1. The van der Waals surface area contributed by atoms with Crippen LogP contribution >= 0.6 is 34.7 Å². The molecule has 0 radical (unpaired) electrons. The van der Waals surface area contributed by atoms with Crippen molar-refractivity contribution in [2.45, 2.75) is 31.0 Å². The number of hydrogen-bond donors (Lipinski definition) is 5. The fourth-order valence-electron chi connectivity index (χ4n) is 4.26. The highest BCUT2D eigenvalue weighted by atomic mass is 35.5. The number of pyridine rings is 1. The molecule has 3 aromatic heterocycles. The quantitative estimate of drug-likeness (QED) is 0.0529. The first-order chi connectivity index (χ1) is 20.3. The normalized spacial score (nSPS) is 19.1. The summed E-state index contributed by atoms with van der Waals surface area (Å²) in [7, 11) is 0. The van der Waals surface area contributed by atoms with Crippen LogP contribution in [0.1, 0.15) is 12.6 Å². The van der Waals surface area contributed by atoms with Crippen LogP contribution in [0.15, 0.2) is 44.5 Å². The molecule has 0 bridgehead atoms. The molecule has 20 heteroatoms. The number of β-lactam (4-membered cyclic amide) rings is 1. The lowest BCUT2D eigenvalue weighted by Gasteiger charge is -2.50. The number of nitrogens with zero attached hydrogens (tertiary/aromatic N) is 4. The van der Waals surface area contributed by atoms with Crippen molar-refractivity contribution in [3.63, 3.8) is 0 Å². The van der Waals surface area contributed by atoms with E-state index < -0.39 is 58.1 Å². The Morgan fingerprint density at radius 2 is 2.02 bits per heavy atom. The van der Waals surface area contributed by atoms with Crippen LogP contribution in [0.2, 0.25) is 4.34 Å². The number of H-pyrrole nitrogens is 2. The van der Waals surface area contributed by atoms with Crippen LogP contribution in [-0.2, 0) is 30.6 Å². The maximum atomic E-state index is 13.2. The molecule has 2 aliphatic heterocycles. The lowest BCUT2D eigenvalue weighted by Crippen LogP contribution is -2.71.